The molecular formula is C5H10ClN5O. The molecule has 6 nitrogen and oxygen atoms in total. The monoisotopic (exact) mass is 191 g/mol. The summed E-state index contributed by atoms with van der Waals surface area (Å²) in [4.78, 5) is 10.9. The fourth-order valence-electron chi connectivity index (χ4n) is 0.683. The van der Waals surface area contributed by atoms with Crippen molar-refractivity contribution in [1.82, 2.24) is 20.4 Å². The summed E-state index contributed by atoms with van der Waals surface area (Å²) in [5.74, 6) is 4.48. The van der Waals surface area contributed by atoms with Crippen molar-refractivity contribution in [3.05, 3.63) is 11.4 Å². The normalized spacial score (nSPS) is 8.92. The molecule has 0 radical (unpaired) electrons. The van der Waals surface area contributed by atoms with Gasteiger partial charge >= 0.3 is 0 Å². The van der Waals surface area contributed by atoms with Gasteiger partial charge in [0.2, 0.25) is 0 Å². The zero-order valence-corrected chi connectivity index (χ0v) is 7.55. The van der Waals surface area contributed by atoms with Crippen molar-refractivity contribution in [1.29, 1.82) is 0 Å². The van der Waals surface area contributed by atoms with Crippen LogP contribution in [0.15, 0.2) is 0 Å². The minimum absolute atomic E-state index is 0. The van der Waals surface area contributed by atoms with Crippen molar-refractivity contribution in [2.24, 2.45) is 12.9 Å². The highest BCUT2D eigenvalue weighted by atomic mass is 35.5. The van der Waals surface area contributed by atoms with Gasteiger partial charge < -0.3 is 0 Å². The van der Waals surface area contributed by atoms with E-state index in [9.17, 15) is 4.79 Å². The van der Waals surface area contributed by atoms with E-state index in [-0.39, 0.29) is 18.1 Å². The van der Waals surface area contributed by atoms with Crippen molar-refractivity contribution in [3.63, 3.8) is 0 Å². The first-order valence-corrected chi connectivity index (χ1v) is 3.04. The van der Waals surface area contributed by atoms with Crippen molar-refractivity contribution in [2.75, 3.05) is 0 Å². The molecule has 0 unspecified atom stereocenters. The number of amides is 1. The molecule has 0 aliphatic rings. The largest absolute Gasteiger partial charge is 0.289 e. The van der Waals surface area contributed by atoms with Crippen molar-refractivity contribution in [3.8, 4) is 0 Å². The smallest absolute Gasteiger partial charge is 0.287 e. The molecule has 1 aromatic rings. The SMILES string of the molecule is Cc1c(C(=O)NN)nnn1C.Cl. The van der Waals surface area contributed by atoms with Gasteiger partial charge in [0.25, 0.3) is 5.91 Å². The average molecular weight is 192 g/mol. The molecule has 0 spiro atoms. The van der Waals surface area contributed by atoms with Gasteiger partial charge in [0.15, 0.2) is 5.69 Å². The summed E-state index contributed by atoms with van der Waals surface area (Å²) < 4.78 is 1.50. The van der Waals surface area contributed by atoms with Gasteiger partial charge in [0.05, 0.1) is 5.69 Å². The van der Waals surface area contributed by atoms with Gasteiger partial charge in [-0.05, 0) is 6.92 Å². The zero-order chi connectivity index (χ0) is 8.43. The summed E-state index contributed by atoms with van der Waals surface area (Å²) in [6.07, 6.45) is 0. The maximum absolute atomic E-state index is 10.9. The number of rotatable bonds is 1. The third-order valence-electron chi connectivity index (χ3n) is 1.45. The van der Waals surface area contributed by atoms with E-state index in [0.717, 1.165) is 0 Å². The first-order valence-electron chi connectivity index (χ1n) is 3.04. The first-order chi connectivity index (χ1) is 5.16. The van der Waals surface area contributed by atoms with Crippen molar-refractivity contribution in [2.45, 2.75) is 6.92 Å². The predicted octanol–water partition coefficient (Wildman–Crippen LogP) is -0.851. The van der Waals surface area contributed by atoms with Crippen LogP contribution in [0.4, 0.5) is 0 Å². The Morgan fingerprint density at radius 1 is 1.67 bits per heavy atom. The second kappa shape index (κ2) is 4.03. The molecule has 12 heavy (non-hydrogen) atoms. The van der Waals surface area contributed by atoms with Crippen LogP contribution in [0.3, 0.4) is 0 Å². The molecule has 0 atom stereocenters. The zero-order valence-electron chi connectivity index (χ0n) is 6.74. The number of aromatic nitrogens is 3. The molecule has 0 saturated heterocycles. The van der Waals surface area contributed by atoms with Crippen LogP contribution in [0.2, 0.25) is 0 Å². The van der Waals surface area contributed by atoms with E-state index in [0.29, 0.717) is 5.69 Å². The van der Waals surface area contributed by atoms with E-state index in [1.165, 1.54) is 4.68 Å². The summed E-state index contributed by atoms with van der Waals surface area (Å²) in [5.41, 5.74) is 2.93. The summed E-state index contributed by atoms with van der Waals surface area (Å²) in [5, 5.41) is 7.24. The minimum atomic E-state index is -0.421. The number of aryl methyl sites for hydroxylation is 1. The second-order valence-corrected chi connectivity index (χ2v) is 2.12. The Balaban J connectivity index is 0.00000121. The van der Waals surface area contributed by atoms with E-state index in [4.69, 9.17) is 5.84 Å². The van der Waals surface area contributed by atoms with Crippen LogP contribution in [0, 0.1) is 6.92 Å². The molecule has 1 rings (SSSR count). The van der Waals surface area contributed by atoms with Gasteiger partial charge in [0.1, 0.15) is 0 Å². The van der Waals surface area contributed by atoms with Gasteiger partial charge in [0, 0.05) is 7.05 Å². The van der Waals surface area contributed by atoms with Gasteiger partial charge in [-0.1, -0.05) is 5.21 Å². The van der Waals surface area contributed by atoms with Gasteiger partial charge in [-0.25, -0.2) is 5.84 Å². The van der Waals surface area contributed by atoms with Crippen molar-refractivity contribution < 1.29 is 4.79 Å². The number of nitrogens with zero attached hydrogens (tertiary/aromatic N) is 3. The van der Waals surface area contributed by atoms with E-state index >= 15 is 0 Å². The number of carbonyl (C=O) groups is 1. The van der Waals surface area contributed by atoms with Crippen LogP contribution in [0.5, 0.6) is 0 Å². The highest BCUT2D eigenvalue weighted by Crippen LogP contribution is 1.99. The van der Waals surface area contributed by atoms with Gasteiger partial charge in [-0.2, -0.15) is 0 Å². The Labute approximate surface area is 75.5 Å². The number of nitrogens with two attached hydrogens (primary N) is 1. The van der Waals surface area contributed by atoms with Crippen LogP contribution in [-0.2, 0) is 7.05 Å². The average Bonchev–Trinajstić information content (AvgIpc) is 2.32. The molecule has 0 saturated carbocycles. The number of hydrogen-bond donors (Lipinski definition) is 2. The highest BCUT2D eigenvalue weighted by Gasteiger charge is 2.12. The van der Waals surface area contributed by atoms with Crippen LogP contribution in [0.1, 0.15) is 16.2 Å². The van der Waals surface area contributed by atoms with Crippen LogP contribution >= 0.6 is 12.4 Å². The quantitative estimate of drug-likeness (QED) is 0.344. The number of hydrazine groups is 1. The molecule has 0 bridgehead atoms. The standard InChI is InChI=1S/C5H9N5O.ClH/c1-3-4(5(11)7-6)8-9-10(3)2;/h6H2,1-2H3,(H,7,11);1H. The molecule has 0 aromatic carbocycles. The lowest BCUT2D eigenvalue weighted by atomic mass is 10.3. The number of hydrogen-bond acceptors (Lipinski definition) is 4. The highest BCUT2D eigenvalue weighted by molar-refractivity contribution is 5.92. The summed E-state index contributed by atoms with van der Waals surface area (Å²) in [6, 6.07) is 0. The maximum Gasteiger partial charge on any atom is 0.287 e. The molecule has 0 aliphatic heterocycles. The number of halogens is 1. The molecule has 0 fully saturated rings. The molecule has 1 heterocycles. The van der Waals surface area contributed by atoms with E-state index in [2.05, 4.69) is 10.3 Å². The van der Waals surface area contributed by atoms with Crippen LogP contribution in [0.25, 0.3) is 0 Å². The lowest BCUT2D eigenvalue weighted by Gasteiger charge is -1.94. The Morgan fingerprint density at radius 3 is 2.58 bits per heavy atom. The fraction of sp³-hybridized carbons (Fsp3) is 0.400. The molecule has 68 valence electrons. The Hall–Kier alpha value is -1.14. The molecule has 1 aromatic heterocycles. The molecule has 1 amide bonds. The number of carbonyl (C=O) groups excluding carboxylic acids is 1. The summed E-state index contributed by atoms with van der Waals surface area (Å²) in [7, 11) is 1.70. The first kappa shape index (κ1) is 10.9. The Kier molecular flexibility index (Phi) is 3.65. The predicted molar refractivity (Wildman–Crippen MR) is 44.6 cm³/mol. The minimum Gasteiger partial charge on any atom is -0.289 e. The summed E-state index contributed by atoms with van der Waals surface area (Å²) in [6.45, 7) is 1.74. The Bertz CT molecular complexity index is 283. The molecular weight excluding hydrogens is 182 g/mol. The Morgan fingerprint density at radius 2 is 2.25 bits per heavy atom. The number of nitrogen functional groups attached to an aromatic ring is 1. The molecule has 3 N–H and O–H groups in total. The van der Waals surface area contributed by atoms with E-state index < -0.39 is 5.91 Å². The van der Waals surface area contributed by atoms with E-state index in [1.807, 2.05) is 5.43 Å². The third kappa shape index (κ3) is 1.72. The number of nitrogens with one attached hydrogen (secondary N) is 1. The third-order valence-corrected chi connectivity index (χ3v) is 1.45. The van der Waals surface area contributed by atoms with Crippen LogP contribution < -0.4 is 11.3 Å². The van der Waals surface area contributed by atoms with Crippen LogP contribution in [-0.4, -0.2) is 20.9 Å². The van der Waals surface area contributed by atoms with E-state index in [1.54, 1.807) is 14.0 Å². The molecule has 0 aliphatic carbocycles. The lowest BCUT2D eigenvalue weighted by molar-refractivity contribution is 0.0948. The van der Waals surface area contributed by atoms with Crippen molar-refractivity contribution >= 4 is 18.3 Å². The fourth-order valence-corrected chi connectivity index (χ4v) is 0.683. The lowest BCUT2D eigenvalue weighted by Crippen LogP contribution is -2.30. The maximum atomic E-state index is 10.9. The van der Waals surface area contributed by atoms with Gasteiger partial charge in [-0.3, -0.25) is 14.9 Å². The second-order valence-electron chi connectivity index (χ2n) is 2.12. The molecule has 7 heteroatoms. The topological polar surface area (TPSA) is 85.8 Å². The van der Waals surface area contributed by atoms with Gasteiger partial charge in [-0.15, -0.1) is 17.5 Å². The summed E-state index contributed by atoms with van der Waals surface area (Å²) >= 11 is 0.